The maximum Gasteiger partial charge on any atom is 0.157 e. The first-order valence-electron chi connectivity index (χ1n) is 6.18. The van der Waals surface area contributed by atoms with Crippen molar-refractivity contribution in [1.29, 1.82) is 0 Å². The number of aromatic nitrogens is 1. The van der Waals surface area contributed by atoms with E-state index < -0.39 is 5.54 Å². The number of hydrogen-bond acceptors (Lipinski definition) is 5. The molecule has 3 rings (SSSR count). The molecule has 0 bridgehead atoms. The first-order valence-corrected chi connectivity index (χ1v) is 6.99. The van der Waals surface area contributed by atoms with Crippen molar-refractivity contribution in [2.45, 2.75) is 32.2 Å². The fourth-order valence-electron chi connectivity index (χ4n) is 2.22. The number of thiazole rings is 1. The van der Waals surface area contributed by atoms with Crippen LogP contribution in [0.4, 0.5) is 0 Å². The average molecular weight is 274 g/mol. The summed E-state index contributed by atoms with van der Waals surface area (Å²) < 4.78 is 0.939. The third-order valence-electron chi connectivity index (χ3n) is 3.61. The molecule has 0 amide bonds. The van der Waals surface area contributed by atoms with Gasteiger partial charge in [0.1, 0.15) is 16.3 Å². The van der Waals surface area contributed by atoms with E-state index in [4.69, 9.17) is 0 Å². The van der Waals surface area contributed by atoms with Crippen molar-refractivity contribution >= 4 is 33.0 Å². The lowest BCUT2D eigenvalue weighted by molar-refractivity contribution is -0.121. The van der Waals surface area contributed by atoms with E-state index in [2.05, 4.69) is 9.98 Å². The standard InChI is InChI=1S/C14H14N2O2S/c1-8(17)14(2)6-5-11(16-14)13-15-10-4-3-9(18)7-12(10)19-13/h3-4,7,18H,5-6H2,1-2H3. The quantitative estimate of drug-likeness (QED) is 0.915. The number of phenols is 1. The minimum Gasteiger partial charge on any atom is -0.508 e. The number of nitrogens with zero attached hydrogens (tertiary/aromatic N) is 2. The maximum atomic E-state index is 11.6. The van der Waals surface area contributed by atoms with Crippen LogP contribution in [0.2, 0.25) is 0 Å². The molecule has 0 radical (unpaired) electrons. The van der Waals surface area contributed by atoms with Crippen molar-refractivity contribution in [3.8, 4) is 5.75 Å². The smallest absolute Gasteiger partial charge is 0.157 e. The van der Waals surface area contributed by atoms with Crippen LogP contribution in [0.25, 0.3) is 10.2 Å². The predicted octanol–water partition coefficient (Wildman–Crippen LogP) is 2.93. The van der Waals surface area contributed by atoms with E-state index >= 15 is 0 Å². The minimum atomic E-state index is -0.588. The van der Waals surface area contributed by atoms with E-state index in [1.807, 2.05) is 6.92 Å². The minimum absolute atomic E-state index is 0.0984. The van der Waals surface area contributed by atoms with Gasteiger partial charge in [0.15, 0.2) is 5.78 Å². The first-order chi connectivity index (χ1) is 8.98. The van der Waals surface area contributed by atoms with E-state index in [9.17, 15) is 9.90 Å². The average Bonchev–Trinajstić information content (AvgIpc) is 2.93. The SMILES string of the molecule is CC(=O)C1(C)CCC(c2nc3ccc(O)cc3s2)=N1. The number of phenolic OH excluding ortho intramolecular Hbond substituents is 1. The molecule has 1 atom stereocenters. The molecule has 98 valence electrons. The molecular weight excluding hydrogens is 260 g/mol. The Kier molecular flexibility index (Phi) is 2.67. The summed E-state index contributed by atoms with van der Waals surface area (Å²) in [7, 11) is 0. The Morgan fingerprint density at radius 3 is 2.95 bits per heavy atom. The van der Waals surface area contributed by atoms with Gasteiger partial charge in [0.2, 0.25) is 0 Å². The van der Waals surface area contributed by atoms with Gasteiger partial charge in [-0.05, 0) is 44.9 Å². The topological polar surface area (TPSA) is 62.5 Å². The van der Waals surface area contributed by atoms with Crippen LogP contribution in [-0.4, -0.2) is 27.1 Å². The van der Waals surface area contributed by atoms with Gasteiger partial charge in [0.05, 0.1) is 15.9 Å². The number of rotatable bonds is 2. The van der Waals surface area contributed by atoms with E-state index in [0.29, 0.717) is 0 Å². The van der Waals surface area contributed by atoms with E-state index in [1.54, 1.807) is 25.1 Å². The third-order valence-corrected chi connectivity index (χ3v) is 4.67. The molecule has 0 saturated heterocycles. The van der Waals surface area contributed by atoms with Gasteiger partial charge < -0.3 is 5.11 Å². The van der Waals surface area contributed by atoms with Gasteiger partial charge in [-0.2, -0.15) is 0 Å². The summed E-state index contributed by atoms with van der Waals surface area (Å²) in [5, 5.41) is 10.3. The molecule has 0 fully saturated rings. The number of fused-ring (bicyclic) bond motifs is 1. The molecule has 2 aromatic rings. The largest absolute Gasteiger partial charge is 0.508 e. The van der Waals surface area contributed by atoms with Crippen LogP contribution < -0.4 is 0 Å². The van der Waals surface area contributed by atoms with Crippen LogP contribution in [0.1, 0.15) is 31.7 Å². The van der Waals surface area contributed by atoms with Gasteiger partial charge in [-0.15, -0.1) is 11.3 Å². The van der Waals surface area contributed by atoms with E-state index in [1.165, 1.54) is 11.3 Å². The number of aliphatic imine (C=N–C) groups is 1. The second-order valence-electron chi connectivity index (χ2n) is 5.06. The molecule has 1 aromatic heterocycles. The summed E-state index contributed by atoms with van der Waals surface area (Å²) in [5.74, 6) is 0.339. The monoisotopic (exact) mass is 274 g/mol. The molecule has 19 heavy (non-hydrogen) atoms. The maximum absolute atomic E-state index is 11.6. The molecule has 1 unspecified atom stereocenters. The number of carbonyl (C=O) groups is 1. The van der Waals surface area contributed by atoms with E-state index in [-0.39, 0.29) is 11.5 Å². The second kappa shape index (κ2) is 4.13. The van der Waals surface area contributed by atoms with Gasteiger partial charge in [-0.1, -0.05) is 0 Å². The highest BCUT2D eigenvalue weighted by Gasteiger charge is 2.35. The van der Waals surface area contributed by atoms with Gasteiger partial charge >= 0.3 is 0 Å². The Hall–Kier alpha value is -1.75. The molecule has 4 nitrogen and oxygen atoms in total. The predicted molar refractivity (Wildman–Crippen MR) is 76.1 cm³/mol. The van der Waals surface area contributed by atoms with Crippen molar-refractivity contribution in [2.24, 2.45) is 4.99 Å². The van der Waals surface area contributed by atoms with Gasteiger partial charge in [-0.3, -0.25) is 9.79 Å². The molecule has 0 aliphatic carbocycles. The Balaban J connectivity index is 2.04. The van der Waals surface area contributed by atoms with Gasteiger partial charge in [0.25, 0.3) is 0 Å². The van der Waals surface area contributed by atoms with Crippen molar-refractivity contribution in [1.82, 2.24) is 4.98 Å². The van der Waals surface area contributed by atoms with Crippen LogP contribution in [0.15, 0.2) is 23.2 Å². The van der Waals surface area contributed by atoms with Crippen molar-refractivity contribution in [2.75, 3.05) is 0 Å². The molecule has 2 heterocycles. The Labute approximate surface area is 114 Å². The van der Waals surface area contributed by atoms with Crippen LogP contribution in [0.5, 0.6) is 5.75 Å². The lowest BCUT2D eigenvalue weighted by Crippen LogP contribution is -2.27. The number of aromatic hydroxyl groups is 1. The number of carbonyl (C=O) groups excluding carboxylic acids is 1. The number of Topliss-reactive ketones (excluding diaryl/α,β-unsaturated/α-hetero) is 1. The summed E-state index contributed by atoms with van der Waals surface area (Å²) in [4.78, 5) is 20.7. The van der Waals surface area contributed by atoms with Crippen molar-refractivity contribution < 1.29 is 9.90 Å². The highest BCUT2D eigenvalue weighted by atomic mass is 32.1. The first kappa shape index (κ1) is 12.3. The highest BCUT2D eigenvalue weighted by Crippen LogP contribution is 2.32. The number of benzene rings is 1. The summed E-state index contributed by atoms with van der Waals surface area (Å²) in [5.41, 5.74) is 1.17. The van der Waals surface area contributed by atoms with Crippen molar-refractivity contribution in [3.05, 3.63) is 23.2 Å². The zero-order valence-corrected chi connectivity index (χ0v) is 11.6. The lowest BCUT2D eigenvalue weighted by atomic mass is 9.95. The number of ketones is 1. The fraction of sp³-hybridized carbons (Fsp3) is 0.357. The molecule has 5 heteroatoms. The Bertz CT molecular complexity index is 705. The van der Waals surface area contributed by atoms with Gasteiger partial charge in [0, 0.05) is 0 Å². The second-order valence-corrected chi connectivity index (χ2v) is 6.09. The molecule has 1 aliphatic heterocycles. The molecule has 1 aliphatic rings. The normalized spacial score (nSPS) is 22.7. The lowest BCUT2D eigenvalue weighted by Gasteiger charge is -2.14. The Morgan fingerprint density at radius 1 is 1.47 bits per heavy atom. The summed E-state index contributed by atoms with van der Waals surface area (Å²) in [6.07, 6.45) is 1.53. The van der Waals surface area contributed by atoms with Crippen molar-refractivity contribution in [3.63, 3.8) is 0 Å². The Morgan fingerprint density at radius 2 is 2.26 bits per heavy atom. The van der Waals surface area contributed by atoms with Crippen LogP contribution in [-0.2, 0) is 4.79 Å². The highest BCUT2D eigenvalue weighted by molar-refractivity contribution is 7.20. The van der Waals surface area contributed by atoms with Crippen LogP contribution in [0, 0.1) is 0 Å². The molecule has 1 aromatic carbocycles. The van der Waals surface area contributed by atoms with Crippen LogP contribution >= 0.6 is 11.3 Å². The van der Waals surface area contributed by atoms with E-state index in [0.717, 1.165) is 33.8 Å². The molecule has 0 spiro atoms. The van der Waals surface area contributed by atoms with Crippen LogP contribution in [0.3, 0.4) is 0 Å². The summed E-state index contributed by atoms with van der Waals surface area (Å²) in [6, 6.07) is 5.13. The van der Waals surface area contributed by atoms with Gasteiger partial charge in [-0.25, -0.2) is 4.98 Å². The number of hydrogen-bond donors (Lipinski definition) is 1. The fourth-order valence-corrected chi connectivity index (χ4v) is 3.23. The zero-order chi connectivity index (χ0) is 13.6. The molecule has 0 saturated carbocycles. The molecular formula is C14H14N2O2S. The third kappa shape index (κ3) is 2.04. The summed E-state index contributed by atoms with van der Waals surface area (Å²) >= 11 is 1.51. The molecule has 1 N–H and O–H groups in total. The summed E-state index contributed by atoms with van der Waals surface area (Å²) in [6.45, 7) is 3.46. The zero-order valence-electron chi connectivity index (χ0n) is 10.8.